The Morgan fingerprint density at radius 2 is 1.92 bits per heavy atom. The molecule has 3 nitrogen and oxygen atoms in total. The minimum Gasteiger partial charge on any atom is -0.507 e. The van der Waals surface area contributed by atoms with Crippen LogP contribution in [-0.4, -0.2) is 13.5 Å². The van der Waals surface area contributed by atoms with Crippen molar-refractivity contribution in [2.75, 3.05) is 0 Å². The highest BCUT2D eigenvalue weighted by molar-refractivity contribution is 7.94. The second kappa shape index (κ2) is 2.98. The van der Waals surface area contributed by atoms with Gasteiger partial charge in [-0.1, -0.05) is 18.7 Å². The van der Waals surface area contributed by atoms with E-state index in [0.29, 0.717) is 0 Å². The van der Waals surface area contributed by atoms with Crippen LogP contribution in [0.5, 0.6) is 5.75 Å². The Morgan fingerprint density at radius 1 is 1.33 bits per heavy atom. The average Bonchev–Trinajstić information content (AvgIpc) is 2.05. The van der Waals surface area contributed by atoms with Crippen molar-refractivity contribution in [1.82, 2.24) is 0 Å². The third-order valence-corrected chi connectivity index (χ3v) is 2.79. The van der Waals surface area contributed by atoms with Crippen molar-refractivity contribution in [2.24, 2.45) is 0 Å². The molecule has 4 heteroatoms. The summed E-state index contributed by atoms with van der Waals surface area (Å²) in [5.74, 6) is -0.252. The van der Waals surface area contributed by atoms with E-state index in [9.17, 15) is 8.42 Å². The summed E-state index contributed by atoms with van der Waals surface area (Å²) < 4.78 is 22.3. The lowest BCUT2D eigenvalue weighted by atomic mass is 10.3. The maximum Gasteiger partial charge on any atom is 0.202 e. The van der Waals surface area contributed by atoms with E-state index in [1.54, 1.807) is 6.07 Å². The molecule has 0 aromatic heterocycles. The van der Waals surface area contributed by atoms with Crippen LogP contribution in [0.25, 0.3) is 0 Å². The first-order valence-electron chi connectivity index (χ1n) is 3.23. The number of hydrogen-bond acceptors (Lipinski definition) is 3. The highest BCUT2D eigenvalue weighted by Crippen LogP contribution is 2.22. The minimum absolute atomic E-state index is 0.111. The number of sulfone groups is 1. The summed E-state index contributed by atoms with van der Waals surface area (Å²) in [5, 5.41) is 9.96. The van der Waals surface area contributed by atoms with Crippen LogP contribution in [-0.2, 0) is 9.84 Å². The second-order valence-corrected chi connectivity index (χ2v) is 4.04. The molecule has 0 aliphatic heterocycles. The molecule has 0 radical (unpaired) electrons. The van der Waals surface area contributed by atoms with Crippen LogP contribution < -0.4 is 0 Å². The number of phenolic OH excluding ortho intramolecular Hbond substituents is 1. The molecule has 0 amide bonds. The molecule has 1 aromatic carbocycles. The van der Waals surface area contributed by atoms with E-state index in [2.05, 4.69) is 6.58 Å². The van der Waals surface area contributed by atoms with Gasteiger partial charge in [0.15, 0.2) is 0 Å². The molecule has 0 spiro atoms. The summed E-state index contributed by atoms with van der Waals surface area (Å²) in [6.45, 7) is 3.15. The Labute approximate surface area is 70.9 Å². The Morgan fingerprint density at radius 3 is 2.42 bits per heavy atom. The van der Waals surface area contributed by atoms with Gasteiger partial charge in [0.05, 0.1) is 0 Å². The van der Waals surface area contributed by atoms with Crippen LogP contribution in [0.15, 0.2) is 41.1 Å². The molecular weight excluding hydrogens is 176 g/mol. The molecule has 1 aromatic rings. The molecular formula is C8H8O3S. The Balaban J connectivity index is 3.39. The van der Waals surface area contributed by atoms with Crippen LogP contribution in [0, 0.1) is 0 Å². The summed E-state index contributed by atoms with van der Waals surface area (Å²) in [4.78, 5) is -0.111. The molecule has 0 unspecified atom stereocenters. The van der Waals surface area contributed by atoms with Crippen molar-refractivity contribution in [3.8, 4) is 5.75 Å². The Hall–Kier alpha value is -1.29. The molecule has 0 bridgehead atoms. The molecule has 0 heterocycles. The van der Waals surface area contributed by atoms with E-state index in [0.717, 1.165) is 5.41 Å². The maximum atomic E-state index is 11.1. The van der Waals surface area contributed by atoms with Gasteiger partial charge < -0.3 is 5.11 Å². The lowest BCUT2D eigenvalue weighted by Crippen LogP contribution is -1.95. The van der Waals surface area contributed by atoms with Gasteiger partial charge in [-0.3, -0.25) is 0 Å². The summed E-state index contributed by atoms with van der Waals surface area (Å²) in [6, 6.07) is 5.73. The fourth-order valence-electron chi connectivity index (χ4n) is 0.788. The van der Waals surface area contributed by atoms with Gasteiger partial charge in [-0.2, -0.15) is 0 Å². The van der Waals surface area contributed by atoms with E-state index in [-0.39, 0.29) is 10.6 Å². The first-order chi connectivity index (χ1) is 5.58. The van der Waals surface area contributed by atoms with E-state index in [1.165, 1.54) is 18.2 Å². The predicted molar refractivity (Wildman–Crippen MR) is 45.5 cm³/mol. The molecule has 0 fully saturated rings. The molecule has 0 saturated carbocycles. The van der Waals surface area contributed by atoms with Crippen molar-refractivity contribution in [2.45, 2.75) is 4.90 Å². The summed E-state index contributed by atoms with van der Waals surface area (Å²) in [6.07, 6.45) is 0. The fraction of sp³-hybridized carbons (Fsp3) is 0. The Kier molecular flexibility index (Phi) is 2.19. The lowest BCUT2D eigenvalue weighted by Gasteiger charge is -1.99. The number of para-hydroxylation sites is 1. The monoisotopic (exact) mass is 184 g/mol. The van der Waals surface area contributed by atoms with Gasteiger partial charge in [0, 0.05) is 5.41 Å². The van der Waals surface area contributed by atoms with Crippen molar-refractivity contribution in [3.63, 3.8) is 0 Å². The molecule has 0 aliphatic rings. The molecule has 1 N–H and O–H groups in total. The van der Waals surface area contributed by atoms with Crippen LogP contribution in [0.1, 0.15) is 0 Å². The smallest absolute Gasteiger partial charge is 0.202 e. The van der Waals surface area contributed by atoms with Gasteiger partial charge >= 0.3 is 0 Å². The zero-order valence-electron chi connectivity index (χ0n) is 6.27. The molecule has 12 heavy (non-hydrogen) atoms. The van der Waals surface area contributed by atoms with E-state index in [1.807, 2.05) is 0 Å². The number of hydrogen-bond donors (Lipinski definition) is 1. The van der Waals surface area contributed by atoms with Crippen molar-refractivity contribution < 1.29 is 13.5 Å². The fourth-order valence-corrected chi connectivity index (χ4v) is 1.59. The SMILES string of the molecule is C=CS(=O)(=O)c1ccccc1O. The standard InChI is InChI=1S/C8H8O3S/c1-2-12(10,11)8-6-4-3-5-7(8)9/h2-6,9H,1H2. The third kappa shape index (κ3) is 1.48. The van der Waals surface area contributed by atoms with Gasteiger partial charge in [0.2, 0.25) is 9.84 Å². The molecule has 0 atom stereocenters. The van der Waals surface area contributed by atoms with Gasteiger partial charge in [-0.15, -0.1) is 0 Å². The lowest BCUT2D eigenvalue weighted by molar-refractivity contribution is 0.459. The van der Waals surface area contributed by atoms with Crippen molar-refractivity contribution >= 4 is 9.84 Å². The van der Waals surface area contributed by atoms with Crippen LogP contribution in [0.2, 0.25) is 0 Å². The van der Waals surface area contributed by atoms with E-state index < -0.39 is 9.84 Å². The van der Waals surface area contributed by atoms with Crippen LogP contribution >= 0.6 is 0 Å². The Bertz CT molecular complexity index is 393. The molecule has 1 rings (SSSR count). The maximum absolute atomic E-state index is 11.1. The van der Waals surface area contributed by atoms with Crippen LogP contribution in [0.3, 0.4) is 0 Å². The predicted octanol–water partition coefficient (Wildman–Crippen LogP) is 1.31. The molecule has 0 saturated heterocycles. The zero-order valence-corrected chi connectivity index (χ0v) is 7.08. The number of aromatic hydroxyl groups is 1. The van der Waals surface area contributed by atoms with Gasteiger partial charge in [0.25, 0.3) is 0 Å². The normalized spacial score (nSPS) is 11.0. The van der Waals surface area contributed by atoms with Crippen LogP contribution in [0.4, 0.5) is 0 Å². The summed E-state index contributed by atoms with van der Waals surface area (Å²) >= 11 is 0. The second-order valence-electron chi connectivity index (χ2n) is 2.18. The number of rotatable bonds is 2. The number of benzene rings is 1. The topological polar surface area (TPSA) is 54.4 Å². The first kappa shape index (κ1) is 8.80. The minimum atomic E-state index is -3.51. The van der Waals surface area contributed by atoms with Crippen molar-refractivity contribution in [3.05, 3.63) is 36.3 Å². The largest absolute Gasteiger partial charge is 0.507 e. The van der Waals surface area contributed by atoms with Gasteiger partial charge in [0.1, 0.15) is 10.6 Å². The number of phenols is 1. The van der Waals surface area contributed by atoms with E-state index in [4.69, 9.17) is 5.11 Å². The summed E-state index contributed by atoms with van der Waals surface area (Å²) in [5.41, 5.74) is 0. The molecule has 0 aliphatic carbocycles. The van der Waals surface area contributed by atoms with Gasteiger partial charge in [-0.25, -0.2) is 8.42 Å². The van der Waals surface area contributed by atoms with Crippen molar-refractivity contribution in [1.29, 1.82) is 0 Å². The highest BCUT2D eigenvalue weighted by Gasteiger charge is 2.12. The highest BCUT2D eigenvalue weighted by atomic mass is 32.2. The quantitative estimate of drug-likeness (QED) is 0.753. The molecule has 64 valence electrons. The van der Waals surface area contributed by atoms with Gasteiger partial charge in [-0.05, 0) is 12.1 Å². The first-order valence-corrected chi connectivity index (χ1v) is 4.78. The zero-order chi connectivity index (χ0) is 9.19. The summed E-state index contributed by atoms with van der Waals surface area (Å²) in [7, 11) is -3.51. The third-order valence-electron chi connectivity index (χ3n) is 1.39. The average molecular weight is 184 g/mol. The van der Waals surface area contributed by atoms with E-state index >= 15 is 0 Å².